The second-order valence-electron chi connectivity index (χ2n) is 7.86. The molecule has 1 atom stereocenters. The quantitative estimate of drug-likeness (QED) is 0.368. The third kappa shape index (κ3) is 4.12. The van der Waals surface area contributed by atoms with Gasteiger partial charge in [-0.3, -0.25) is 4.98 Å². The van der Waals surface area contributed by atoms with Crippen molar-refractivity contribution < 1.29 is 0 Å². The van der Waals surface area contributed by atoms with E-state index >= 15 is 0 Å². The maximum absolute atomic E-state index is 5.48. The predicted octanol–water partition coefficient (Wildman–Crippen LogP) is 4.45. The van der Waals surface area contributed by atoms with Gasteiger partial charge >= 0.3 is 0 Å². The lowest BCUT2D eigenvalue weighted by Gasteiger charge is -2.17. The molecule has 0 saturated carbocycles. The lowest BCUT2D eigenvalue weighted by molar-refractivity contribution is 0.806. The molecule has 7 nitrogen and oxygen atoms in total. The Morgan fingerprint density at radius 3 is 2.82 bits per heavy atom. The van der Waals surface area contributed by atoms with E-state index in [1.807, 2.05) is 54.3 Å². The Bertz CT molecular complexity index is 1460. The molecule has 1 aromatic carbocycles. The monoisotopic (exact) mass is 453 g/mol. The number of para-hydroxylation sites is 1. The number of imidazole rings is 1. The highest BCUT2D eigenvalue weighted by Crippen LogP contribution is 2.27. The Morgan fingerprint density at radius 2 is 1.94 bits per heavy atom. The molecule has 5 aromatic rings. The smallest absolute Gasteiger partial charge is 0.137 e. The fourth-order valence-corrected chi connectivity index (χ4v) is 4.16. The number of hydrogen-bond acceptors (Lipinski definition) is 6. The molecular weight excluding hydrogens is 430 g/mol. The average Bonchev–Trinajstić information content (AvgIpc) is 3.34. The third-order valence-corrected chi connectivity index (χ3v) is 6.18. The minimum atomic E-state index is 0.208. The van der Waals surface area contributed by atoms with Crippen LogP contribution in [0.1, 0.15) is 24.0 Å². The first-order chi connectivity index (χ1) is 16.1. The van der Waals surface area contributed by atoms with Crippen molar-refractivity contribution in [1.82, 2.24) is 29.7 Å². The molecule has 0 aliphatic rings. The van der Waals surface area contributed by atoms with E-state index in [2.05, 4.69) is 55.7 Å². The number of aromatic nitrogens is 5. The summed E-state index contributed by atoms with van der Waals surface area (Å²) in [5.74, 6) is 0.986. The summed E-state index contributed by atoms with van der Waals surface area (Å²) in [6, 6.07) is 14.2. The highest BCUT2D eigenvalue weighted by molar-refractivity contribution is 7.80. The molecule has 0 aliphatic carbocycles. The van der Waals surface area contributed by atoms with Crippen LogP contribution >= 0.6 is 12.2 Å². The van der Waals surface area contributed by atoms with Gasteiger partial charge in [0.2, 0.25) is 0 Å². The summed E-state index contributed by atoms with van der Waals surface area (Å²) in [4.78, 5) is 18.6. The van der Waals surface area contributed by atoms with Gasteiger partial charge in [0.25, 0.3) is 0 Å². The van der Waals surface area contributed by atoms with Gasteiger partial charge < -0.3 is 15.0 Å². The SMILES string of the molecule is CNC(=S)c1ccnc2c(C(C)CNc3cc(-c4ccn5ccnc5c4)ncn3)cccc12. The molecule has 0 saturated heterocycles. The minimum Gasteiger partial charge on any atom is -0.379 e. The van der Waals surface area contributed by atoms with Gasteiger partial charge in [0.15, 0.2) is 0 Å². The Kier molecular flexibility index (Phi) is 5.66. The molecule has 0 aliphatic heterocycles. The lowest BCUT2D eigenvalue weighted by Crippen LogP contribution is -2.17. The van der Waals surface area contributed by atoms with E-state index in [0.29, 0.717) is 11.5 Å². The first-order valence-corrected chi connectivity index (χ1v) is 11.1. The zero-order chi connectivity index (χ0) is 22.8. The van der Waals surface area contributed by atoms with E-state index in [1.54, 1.807) is 12.5 Å². The Morgan fingerprint density at radius 1 is 1.03 bits per heavy atom. The van der Waals surface area contributed by atoms with E-state index < -0.39 is 0 Å². The van der Waals surface area contributed by atoms with Crippen LogP contribution in [0.25, 0.3) is 27.8 Å². The number of fused-ring (bicyclic) bond motifs is 2. The maximum atomic E-state index is 5.48. The van der Waals surface area contributed by atoms with Gasteiger partial charge in [0, 0.05) is 66.9 Å². The van der Waals surface area contributed by atoms with Crippen LogP contribution in [-0.4, -0.2) is 42.9 Å². The molecule has 33 heavy (non-hydrogen) atoms. The van der Waals surface area contributed by atoms with E-state index in [0.717, 1.165) is 39.2 Å². The molecule has 0 radical (unpaired) electrons. The van der Waals surface area contributed by atoms with Crippen LogP contribution in [-0.2, 0) is 0 Å². The first-order valence-electron chi connectivity index (χ1n) is 10.7. The predicted molar refractivity (Wildman–Crippen MR) is 136 cm³/mol. The highest BCUT2D eigenvalue weighted by Gasteiger charge is 2.14. The number of pyridine rings is 2. The maximum Gasteiger partial charge on any atom is 0.137 e. The second-order valence-corrected chi connectivity index (χ2v) is 8.27. The van der Waals surface area contributed by atoms with Crippen molar-refractivity contribution in [3.8, 4) is 11.3 Å². The van der Waals surface area contributed by atoms with Crippen LogP contribution in [0, 0.1) is 0 Å². The Labute approximate surface area is 197 Å². The van der Waals surface area contributed by atoms with Crippen LogP contribution in [0.2, 0.25) is 0 Å². The summed E-state index contributed by atoms with van der Waals surface area (Å²) in [6.45, 7) is 2.89. The number of anilines is 1. The van der Waals surface area contributed by atoms with Crippen molar-refractivity contribution in [3.63, 3.8) is 0 Å². The first kappa shape index (κ1) is 21.0. The van der Waals surface area contributed by atoms with Crippen molar-refractivity contribution in [2.75, 3.05) is 18.9 Å². The van der Waals surface area contributed by atoms with Crippen LogP contribution in [0.5, 0.6) is 0 Å². The van der Waals surface area contributed by atoms with Crippen LogP contribution < -0.4 is 10.6 Å². The van der Waals surface area contributed by atoms with Gasteiger partial charge in [-0.25, -0.2) is 15.0 Å². The van der Waals surface area contributed by atoms with Crippen molar-refractivity contribution >= 4 is 39.6 Å². The molecule has 5 rings (SSSR count). The largest absolute Gasteiger partial charge is 0.379 e. The topological polar surface area (TPSA) is 80.0 Å². The normalized spacial score (nSPS) is 12.1. The number of nitrogens with zero attached hydrogens (tertiary/aromatic N) is 5. The molecular formula is C25H23N7S. The summed E-state index contributed by atoms with van der Waals surface area (Å²) in [5, 5.41) is 7.58. The molecule has 164 valence electrons. The summed E-state index contributed by atoms with van der Waals surface area (Å²) >= 11 is 5.48. The standard InChI is InChI=1S/C25H23N7S/c1-16(18-4-3-5-19-20(25(33)26-2)6-8-28-24(18)19)14-29-22-13-21(30-15-31-22)17-7-10-32-11-9-27-23(32)12-17/h3-13,15-16H,14H2,1-2H3,(H,26,33)(H,29,30,31). The molecule has 0 fully saturated rings. The Balaban J connectivity index is 1.37. The number of thiocarbonyl (C=S) groups is 1. The molecule has 2 N–H and O–H groups in total. The fraction of sp³-hybridized carbons (Fsp3) is 0.160. The summed E-state index contributed by atoms with van der Waals surface area (Å²) in [6.07, 6.45) is 9.09. The summed E-state index contributed by atoms with van der Waals surface area (Å²) in [7, 11) is 1.84. The molecule has 4 heterocycles. The van der Waals surface area contributed by atoms with E-state index in [4.69, 9.17) is 12.2 Å². The van der Waals surface area contributed by atoms with E-state index in [1.165, 1.54) is 5.56 Å². The Hall–Kier alpha value is -3.91. The van der Waals surface area contributed by atoms with Crippen molar-refractivity contribution in [1.29, 1.82) is 0 Å². The minimum absolute atomic E-state index is 0.208. The molecule has 0 bridgehead atoms. The zero-order valence-corrected chi connectivity index (χ0v) is 19.2. The summed E-state index contributed by atoms with van der Waals surface area (Å²) < 4.78 is 1.97. The number of nitrogens with one attached hydrogen (secondary N) is 2. The van der Waals surface area contributed by atoms with Gasteiger partial charge in [-0.05, 0) is 23.8 Å². The number of hydrogen-bond donors (Lipinski definition) is 2. The van der Waals surface area contributed by atoms with E-state index in [-0.39, 0.29) is 5.92 Å². The molecule has 1 unspecified atom stereocenters. The fourth-order valence-electron chi connectivity index (χ4n) is 3.98. The van der Waals surface area contributed by atoms with Gasteiger partial charge in [-0.1, -0.05) is 37.3 Å². The van der Waals surface area contributed by atoms with Crippen molar-refractivity contribution in [2.24, 2.45) is 0 Å². The van der Waals surface area contributed by atoms with Crippen molar-refractivity contribution in [3.05, 3.63) is 84.7 Å². The average molecular weight is 454 g/mol. The molecule has 8 heteroatoms. The third-order valence-electron chi connectivity index (χ3n) is 5.75. The van der Waals surface area contributed by atoms with E-state index in [9.17, 15) is 0 Å². The van der Waals surface area contributed by atoms with Crippen LogP contribution in [0.3, 0.4) is 0 Å². The molecule has 4 aromatic heterocycles. The molecule has 0 amide bonds. The number of benzene rings is 1. The van der Waals surface area contributed by atoms with Gasteiger partial charge in [0.05, 0.1) is 11.2 Å². The van der Waals surface area contributed by atoms with Gasteiger partial charge in [0.1, 0.15) is 22.8 Å². The van der Waals surface area contributed by atoms with Crippen LogP contribution in [0.15, 0.2) is 73.6 Å². The van der Waals surface area contributed by atoms with Crippen LogP contribution in [0.4, 0.5) is 5.82 Å². The number of rotatable bonds is 6. The highest BCUT2D eigenvalue weighted by atomic mass is 32.1. The second kappa shape index (κ2) is 8.91. The molecule has 0 spiro atoms. The summed E-state index contributed by atoms with van der Waals surface area (Å²) in [5.41, 5.74) is 5.86. The van der Waals surface area contributed by atoms with Gasteiger partial charge in [-0.2, -0.15) is 0 Å². The zero-order valence-electron chi connectivity index (χ0n) is 18.4. The van der Waals surface area contributed by atoms with Gasteiger partial charge in [-0.15, -0.1) is 0 Å². The van der Waals surface area contributed by atoms with Crippen molar-refractivity contribution in [2.45, 2.75) is 12.8 Å². The lowest BCUT2D eigenvalue weighted by atomic mass is 9.96.